The Balaban J connectivity index is 1.16. The first-order valence-electron chi connectivity index (χ1n) is 11.6. The molecule has 0 unspecified atom stereocenters. The Labute approximate surface area is 195 Å². The van der Waals surface area contributed by atoms with E-state index < -0.39 is 0 Å². The van der Waals surface area contributed by atoms with E-state index in [-0.39, 0.29) is 17.9 Å². The Kier molecular flexibility index (Phi) is 7.45. The zero-order chi connectivity index (χ0) is 23.0. The number of piperidine rings is 1. The van der Waals surface area contributed by atoms with Crippen LogP contribution < -0.4 is 10.1 Å². The Morgan fingerprint density at radius 2 is 1.64 bits per heavy atom. The SMILES string of the molecule is Cc1ccc(OCCCC(=O)NC2CCN(C(=O)c3ccc(-n4cccc4)cc3)CC2)cc1. The Morgan fingerprint density at radius 3 is 2.30 bits per heavy atom. The molecule has 1 fully saturated rings. The number of likely N-dealkylation sites (tertiary alicyclic amines) is 1. The summed E-state index contributed by atoms with van der Waals surface area (Å²) < 4.78 is 7.70. The van der Waals surface area contributed by atoms with E-state index in [0.717, 1.165) is 24.3 Å². The third kappa shape index (κ3) is 6.25. The number of nitrogens with zero attached hydrogens (tertiary/aromatic N) is 2. The molecule has 4 rings (SSSR count). The molecule has 33 heavy (non-hydrogen) atoms. The second kappa shape index (κ2) is 10.9. The lowest BCUT2D eigenvalue weighted by molar-refractivity contribution is -0.122. The number of nitrogens with one attached hydrogen (secondary N) is 1. The highest BCUT2D eigenvalue weighted by Crippen LogP contribution is 2.17. The zero-order valence-corrected chi connectivity index (χ0v) is 19.1. The number of aromatic nitrogens is 1. The van der Waals surface area contributed by atoms with Gasteiger partial charge in [0.25, 0.3) is 5.91 Å². The van der Waals surface area contributed by atoms with Crippen LogP contribution in [0.25, 0.3) is 5.69 Å². The van der Waals surface area contributed by atoms with Gasteiger partial charge in [-0.15, -0.1) is 0 Å². The number of rotatable bonds is 8. The minimum atomic E-state index is 0.0482. The third-order valence-electron chi connectivity index (χ3n) is 6.00. The predicted molar refractivity (Wildman–Crippen MR) is 129 cm³/mol. The number of aryl methyl sites for hydroxylation is 1. The largest absolute Gasteiger partial charge is 0.494 e. The van der Waals surface area contributed by atoms with Crippen molar-refractivity contribution >= 4 is 11.8 Å². The van der Waals surface area contributed by atoms with E-state index in [1.165, 1.54) is 5.56 Å². The van der Waals surface area contributed by atoms with Gasteiger partial charge in [0.1, 0.15) is 5.75 Å². The first-order chi connectivity index (χ1) is 16.1. The number of ether oxygens (including phenoxy) is 1. The highest BCUT2D eigenvalue weighted by molar-refractivity contribution is 5.94. The van der Waals surface area contributed by atoms with Crippen molar-refractivity contribution in [1.82, 2.24) is 14.8 Å². The van der Waals surface area contributed by atoms with Crippen LogP contribution >= 0.6 is 0 Å². The van der Waals surface area contributed by atoms with E-state index in [2.05, 4.69) is 5.32 Å². The van der Waals surface area contributed by atoms with Crippen molar-refractivity contribution in [2.45, 2.75) is 38.6 Å². The molecule has 0 saturated carbocycles. The molecule has 1 aliphatic heterocycles. The molecule has 2 amide bonds. The molecule has 172 valence electrons. The van der Waals surface area contributed by atoms with Gasteiger partial charge in [0.15, 0.2) is 0 Å². The Bertz CT molecular complexity index is 1040. The molecule has 6 heteroatoms. The number of carbonyl (C=O) groups is 2. The average molecular weight is 446 g/mol. The van der Waals surface area contributed by atoms with Crippen molar-refractivity contribution in [1.29, 1.82) is 0 Å². The van der Waals surface area contributed by atoms with Gasteiger partial charge in [-0.1, -0.05) is 17.7 Å². The van der Waals surface area contributed by atoms with Crippen molar-refractivity contribution in [2.24, 2.45) is 0 Å². The normalized spacial score (nSPS) is 14.2. The van der Waals surface area contributed by atoms with Crippen LogP contribution in [0, 0.1) is 6.92 Å². The Hall–Kier alpha value is -3.54. The van der Waals surface area contributed by atoms with Gasteiger partial charge in [-0.05, 0) is 74.7 Å². The molecular weight excluding hydrogens is 414 g/mol. The van der Waals surface area contributed by atoms with Crippen LogP contribution in [0.5, 0.6) is 5.75 Å². The topological polar surface area (TPSA) is 63.6 Å². The van der Waals surface area contributed by atoms with Crippen molar-refractivity contribution in [3.63, 3.8) is 0 Å². The summed E-state index contributed by atoms with van der Waals surface area (Å²) in [4.78, 5) is 27.0. The fraction of sp³-hybridized carbons (Fsp3) is 0.333. The predicted octanol–water partition coefficient (Wildman–Crippen LogP) is 4.37. The molecule has 1 N–H and O–H groups in total. The summed E-state index contributed by atoms with van der Waals surface area (Å²) in [5, 5.41) is 3.11. The molecule has 0 radical (unpaired) electrons. The second-order valence-electron chi connectivity index (χ2n) is 8.54. The van der Waals surface area contributed by atoms with Gasteiger partial charge < -0.3 is 19.5 Å². The van der Waals surface area contributed by atoms with Crippen LogP contribution in [-0.2, 0) is 4.79 Å². The maximum absolute atomic E-state index is 12.9. The monoisotopic (exact) mass is 445 g/mol. The first-order valence-corrected chi connectivity index (χ1v) is 11.6. The third-order valence-corrected chi connectivity index (χ3v) is 6.00. The van der Waals surface area contributed by atoms with Crippen molar-refractivity contribution < 1.29 is 14.3 Å². The van der Waals surface area contributed by atoms with E-state index >= 15 is 0 Å². The van der Waals surface area contributed by atoms with E-state index in [9.17, 15) is 9.59 Å². The highest BCUT2D eigenvalue weighted by Gasteiger charge is 2.24. The van der Waals surface area contributed by atoms with Crippen LogP contribution in [0.4, 0.5) is 0 Å². The van der Waals surface area contributed by atoms with Crippen LogP contribution in [0.15, 0.2) is 73.1 Å². The summed E-state index contributed by atoms with van der Waals surface area (Å²) >= 11 is 0. The summed E-state index contributed by atoms with van der Waals surface area (Å²) in [6, 6.07) is 19.7. The van der Waals surface area contributed by atoms with Crippen LogP contribution in [-0.4, -0.2) is 47.0 Å². The fourth-order valence-corrected chi connectivity index (χ4v) is 4.05. The maximum Gasteiger partial charge on any atom is 0.253 e. The minimum absolute atomic E-state index is 0.0482. The molecule has 3 aromatic rings. The van der Waals surface area contributed by atoms with Gasteiger partial charge in [-0.3, -0.25) is 9.59 Å². The number of amides is 2. The molecule has 0 atom stereocenters. The first kappa shape index (κ1) is 22.6. The maximum atomic E-state index is 12.9. The molecule has 0 bridgehead atoms. The summed E-state index contributed by atoms with van der Waals surface area (Å²) in [5.41, 5.74) is 2.92. The molecule has 6 nitrogen and oxygen atoms in total. The number of hydrogen-bond acceptors (Lipinski definition) is 3. The van der Waals surface area contributed by atoms with Gasteiger partial charge in [-0.25, -0.2) is 0 Å². The summed E-state index contributed by atoms with van der Waals surface area (Å²) in [7, 11) is 0. The average Bonchev–Trinajstić information content (AvgIpc) is 3.38. The van der Waals surface area contributed by atoms with Gasteiger partial charge in [-0.2, -0.15) is 0 Å². The molecule has 0 spiro atoms. The molecule has 2 aromatic carbocycles. The second-order valence-corrected chi connectivity index (χ2v) is 8.54. The van der Waals surface area contributed by atoms with Crippen molar-refractivity contribution in [2.75, 3.05) is 19.7 Å². The van der Waals surface area contributed by atoms with Crippen molar-refractivity contribution in [3.05, 3.63) is 84.2 Å². The van der Waals surface area contributed by atoms with E-state index in [4.69, 9.17) is 4.74 Å². The van der Waals surface area contributed by atoms with Gasteiger partial charge in [0.05, 0.1) is 6.61 Å². The smallest absolute Gasteiger partial charge is 0.253 e. The lowest BCUT2D eigenvalue weighted by Crippen LogP contribution is -2.46. The molecule has 1 aromatic heterocycles. The summed E-state index contributed by atoms with van der Waals surface area (Å²) in [6.07, 6.45) is 6.63. The number of hydrogen-bond donors (Lipinski definition) is 1. The van der Waals surface area contributed by atoms with Crippen LogP contribution in [0.1, 0.15) is 41.6 Å². The highest BCUT2D eigenvalue weighted by atomic mass is 16.5. The van der Waals surface area contributed by atoms with Crippen LogP contribution in [0.3, 0.4) is 0 Å². The lowest BCUT2D eigenvalue weighted by Gasteiger charge is -2.32. The lowest BCUT2D eigenvalue weighted by atomic mass is 10.0. The fourth-order valence-electron chi connectivity index (χ4n) is 4.05. The quantitative estimate of drug-likeness (QED) is 0.524. The number of benzene rings is 2. The molecule has 1 aliphatic rings. The van der Waals surface area contributed by atoms with E-state index in [1.54, 1.807) is 0 Å². The van der Waals surface area contributed by atoms with Gasteiger partial charge in [0.2, 0.25) is 5.91 Å². The van der Waals surface area contributed by atoms with E-state index in [0.29, 0.717) is 38.1 Å². The van der Waals surface area contributed by atoms with E-state index in [1.807, 2.05) is 89.4 Å². The molecular formula is C27H31N3O3. The summed E-state index contributed by atoms with van der Waals surface area (Å²) in [5.74, 6) is 0.928. The van der Waals surface area contributed by atoms with Crippen molar-refractivity contribution in [3.8, 4) is 11.4 Å². The molecule has 2 heterocycles. The van der Waals surface area contributed by atoms with Crippen LogP contribution in [0.2, 0.25) is 0 Å². The zero-order valence-electron chi connectivity index (χ0n) is 19.1. The molecule has 1 saturated heterocycles. The summed E-state index contributed by atoms with van der Waals surface area (Å²) in [6.45, 7) is 3.86. The molecule has 0 aliphatic carbocycles. The Morgan fingerprint density at radius 1 is 0.970 bits per heavy atom. The standard InChI is InChI=1S/C27H31N3O3/c1-21-6-12-25(13-7-21)33-20-4-5-26(31)28-23-14-18-30(19-15-23)27(32)22-8-10-24(11-9-22)29-16-2-3-17-29/h2-3,6-13,16-17,23H,4-5,14-15,18-20H2,1H3,(H,28,31). The minimum Gasteiger partial charge on any atom is -0.494 e. The van der Waals surface area contributed by atoms with Gasteiger partial charge >= 0.3 is 0 Å². The number of carbonyl (C=O) groups excluding carboxylic acids is 2. The van der Waals surface area contributed by atoms with Gasteiger partial charge in [0, 0.05) is 49.2 Å².